The molecule has 2 aromatic carbocycles. The third-order valence-corrected chi connectivity index (χ3v) is 4.65. The molecule has 2 N–H and O–H groups in total. The van der Waals surface area contributed by atoms with Gasteiger partial charge in [-0.25, -0.2) is 0 Å². The van der Waals surface area contributed by atoms with Crippen LogP contribution in [0.1, 0.15) is 30.4 Å². The maximum atomic E-state index is 6.27. The van der Waals surface area contributed by atoms with Gasteiger partial charge in [-0.3, -0.25) is 0 Å². The third kappa shape index (κ3) is 3.63. The molecule has 1 atom stereocenters. The molecule has 3 heteroatoms. The van der Waals surface area contributed by atoms with Gasteiger partial charge in [0, 0.05) is 13.2 Å². The summed E-state index contributed by atoms with van der Waals surface area (Å²) in [7, 11) is 0. The number of rotatable bonds is 6. The molecular formula is C20H25NO2. The van der Waals surface area contributed by atoms with Crippen molar-refractivity contribution >= 4 is 0 Å². The Morgan fingerprint density at radius 2 is 1.57 bits per heavy atom. The van der Waals surface area contributed by atoms with E-state index in [9.17, 15) is 0 Å². The van der Waals surface area contributed by atoms with E-state index < -0.39 is 0 Å². The molecule has 1 saturated heterocycles. The van der Waals surface area contributed by atoms with Gasteiger partial charge in [0.15, 0.2) is 6.29 Å². The first kappa shape index (κ1) is 16.2. The van der Waals surface area contributed by atoms with Gasteiger partial charge in [0.25, 0.3) is 0 Å². The van der Waals surface area contributed by atoms with Crippen LogP contribution in [-0.2, 0) is 14.9 Å². The third-order valence-electron chi connectivity index (χ3n) is 4.65. The van der Waals surface area contributed by atoms with Crippen LogP contribution in [0.2, 0.25) is 0 Å². The van der Waals surface area contributed by atoms with Gasteiger partial charge < -0.3 is 15.2 Å². The smallest absolute Gasteiger partial charge is 0.157 e. The molecule has 1 aliphatic rings. The predicted molar refractivity (Wildman–Crippen MR) is 92.3 cm³/mol. The van der Waals surface area contributed by atoms with Crippen molar-refractivity contribution < 1.29 is 9.47 Å². The van der Waals surface area contributed by atoms with Crippen LogP contribution >= 0.6 is 0 Å². The van der Waals surface area contributed by atoms with E-state index in [-0.39, 0.29) is 11.7 Å². The van der Waals surface area contributed by atoms with Gasteiger partial charge in [0.05, 0.1) is 12.0 Å². The molecule has 1 unspecified atom stereocenters. The summed E-state index contributed by atoms with van der Waals surface area (Å²) in [5.41, 5.74) is 8.29. The Morgan fingerprint density at radius 3 is 2.04 bits per heavy atom. The standard InChI is InChI=1S/C20H25NO2/c21-15-20(17-9-3-1-4-10-17,18-11-5-2-6-12-18)16-23-19-13-7-8-14-22-19/h1-6,9-12,19H,7-8,13-16,21H2. The molecule has 1 heterocycles. The molecule has 23 heavy (non-hydrogen) atoms. The van der Waals surface area contributed by atoms with Gasteiger partial charge in [0.2, 0.25) is 0 Å². The first-order valence-electron chi connectivity index (χ1n) is 8.39. The van der Waals surface area contributed by atoms with Crippen LogP contribution in [0.15, 0.2) is 60.7 Å². The van der Waals surface area contributed by atoms with Crippen molar-refractivity contribution in [2.45, 2.75) is 31.0 Å². The zero-order valence-corrected chi connectivity index (χ0v) is 13.5. The van der Waals surface area contributed by atoms with E-state index in [4.69, 9.17) is 15.2 Å². The normalized spacial score (nSPS) is 18.7. The average molecular weight is 311 g/mol. The fourth-order valence-corrected chi connectivity index (χ4v) is 3.22. The number of hydrogen-bond donors (Lipinski definition) is 1. The number of nitrogens with two attached hydrogens (primary N) is 1. The lowest BCUT2D eigenvalue weighted by Gasteiger charge is -2.35. The van der Waals surface area contributed by atoms with Crippen LogP contribution in [0.5, 0.6) is 0 Å². The highest BCUT2D eigenvalue weighted by molar-refractivity contribution is 5.40. The van der Waals surface area contributed by atoms with Crippen molar-refractivity contribution in [1.29, 1.82) is 0 Å². The molecule has 122 valence electrons. The molecule has 3 rings (SSSR count). The monoisotopic (exact) mass is 311 g/mol. The SMILES string of the molecule is NCC(COC1CCCCO1)(c1ccccc1)c1ccccc1. The number of ether oxygens (including phenoxy) is 2. The minimum atomic E-state index is -0.344. The summed E-state index contributed by atoms with van der Waals surface area (Å²) in [4.78, 5) is 0. The van der Waals surface area contributed by atoms with Gasteiger partial charge in [-0.15, -0.1) is 0 Å². The van der Waals surface area contributed by atoms with Gasteiger partial charge in [-0.1, -0.05) is 60.7 Å². The predicted octanol–water partition coefficient (Wildman–Crippen LogP) is 3.47. The second-order valence-corrected chi connectivity index (χ2v) is 6.13. The fourth-order valence-electron chi connectivity index (χ4n) is 3.22. The zero-order valence-electron chi connectivity index (χ0n) is 13.5. The summed E-state index contributed by atoms with van der Waals surface area (Å²) in [6, 6.07) is 20.8. The molecule has 0 aromatic heterocycles. The number of benzene rings is 2. The molecule has 0 radical (unpaired) electrons. The molecule has 1 aliphatic heterocycles. The van der Waals surface area contributed by atoms with Crippen LogP contribution in [0.3, 0.4) is 0 Å². The zero-order chi connectivity index (χ0) is 16.0. The van der Waals surface area contributed by atoms with E-state index in [0.29, 0.717) is 13.2 Å². The Bertz CT molecular complexity index is 540. The van der Waals surface area contributed by atoms with Gasteiger partial charge in [-0.05, 0) is 30.4 Å². The Hall–Kier alpha value is -1.68. The highest BCUT2D eigenvalue weighted by Gasteiger charge is 2.34. The molecule has 1 fully saturated rings. The molecule has 0 bridgehead atoms. The van der Waals surface area contributed by atoms with Crippen LogP contribution < -0.4 is 5.73 Å². The molecular weight excluding hydrogens is 286 g/mol. The van der Waals surface area contributed by atoms with Crippen molar-refractivity contribution in [3.8, 4) is 0 Å². The van der Waals surface area contributed by atoms with Gasteiger partial charge in [0.1, 0.15) is 0 Å². The van der Waals surface area contributed by atoms with Crippen LogP contribution in [0, 0.1) is 0 Å². The van der Waals surface area contributed by atoms with Crippen LogP contribution in [0.4, 0.5) is 0 Å². The molecule has 0 amide bonds. The van der Waals surface area contributed by atoms with E-state index >= 15 is 0 Å². The maximum Gasteiger partial charge on any atom is 0.157 e. The lowest BCUT2D eigenvalue weighted by atomic mass is 9.75. The van der Waals surface area contributed by atoms with Crippen molar-refractivity contribution in [2.75, 3.05) is 19.8 Å². The summed E-state index contributed by atoms with van der Waals surface area (Å²) in [6.07, 6.45) is 3.14. The van der Waals surface area contributed by atoms with E-state index in [2.05, 4.69) is 48.5 Å². The van der Waals surface area contributed by atoms with E-state index in [1.807, 2.05) is 12.1 Å². The van der Waals surface area contributed by atoms with Crippen molar-refractivity contribution in [2.24, 2.45) is 5.73 Å². The first-order chi connectivity index (χ1) is 11.3. The van der Waals surface area contributed by atoms with E-state index in [1.165, 1.54) is 11.1 Å². The summed E-state index contributed by atoms with van der Waals surface area (Å²) in [5, 5.41) is 0. The fraction of sp³-hybridized carbons (Fsp3) is 0.400. The molecule has 3 nitrogen and oxygen atoms in total. The molecule has 0 saturated carbocycles. The minimum absolute atomic E-state index is 0.109. The molecule has 0 spiro atoms. The van der Waals surface area contributed by atoms with E-state index in [1.54, 1.807) is 0 Å². The summed E-state index contributed by atoms with van der Waals surface area (Å²) in [5.74, 6) is 0. The van der Waals surface area contributed by atoms with Crippen molar-refractivity contribution in [3.05, 3.63) is 71.8 Å². The summed E-state index contributed by atoms with van der Waals surface area (Å²) >= 11 is 0. The van der Waals surface area contributed by atoms with Crippen LogP contribution in [0.25, 0.3) is 0 Å². The minimum Gasteiger partial charge on any atom is -0.353 e. The quantitative estimate of drug-likeness (QED) is 0.888. The lowest BCUT2D eigenvalue weighted by molar-refractivity contribution is -0.169. The lowest BCUT2D eigenvalue weighted by Crippen LogP contribution is -2.42. The van der Waals surface area contributed by atoms with E-state index in [0.717, 1.165) is 25.9 Å². The molecule has 0 aliphatic carbocycles. The van der Waals surface area contributed by atoms with Crippen molar-refractivity contribution in [3.63, 3.8) is 0 Å². The summed E-state index contributed by atoms with van der Waals surface area (Å²) < 4.78 is 11.9. The largest absolute Gasteiger partial charge is 0.353 e. The van der Waals surface area contributed by atoms with Gasteiger partial charge in [-0.2, -0.15) is 0 Å². The Balaban J connectivity index is 1.89. The Kier molecular flexibility index (Phi) is 5.44. The number of hydrogen-bond acceptors (Lipinski definition) is 3. The topological polar surface area (TPSA) is 44.5 Å². The first-order valence-corrected chi connectivity index (χ1v) is 8.39. The highest BCUT2D eigenvalue weighted by Crippen LogP contribution is 2.32. The van der Waals surface area contributed by atoms with Gasteiger partial charge >= 0.3 is 0 Å². The highest BCUT2D eigenvalue weighted by atomic mass is 16.7. The average Bonchev–Trinajstić information content (AvgIpc) is 2.65. The maximum absolute atomic E-state index is 6.27. The summed E-state index contributed by atoms with van der Waals surface area (Å²) in [6.45, 7) is 1.81. The second-order valence-electron chi connectivity index (χ2n) is 6.13. The molecule has 2 aromatic rings. The Labute approximate surface area is 138 Å². The Morgan fingerprint density at radius 1 is 0.957 bits per heavy atom. The second kappa shape index (κ2) is 7.73. The van der Waals surface area contributed by atoms with Crippen LogP contribution in [-0.4, -0.2) is 26.0 Å². The van der Waals surface area contributed by atoms with Crippen molar-refractivity contribution in [1.82, 2.24) is 0 Å².